The molecule has 1 aliphatic heterocycles. The molecule has 4 N–H and O–H groups in total. The van der Waals surface area contributed by atoms with Crippen molar-refractivity contribution in [3.05, 3.63) is 40.0 Å². The number of nitrogens with one attached hydrogen (secondary N) is 2. The molecule has 1 aliphatic carbocycles. The minimum Gasteiger partial charge on any atom is -0.397 e. The molecule has 11 heteroatoms. The Bertz CT molecular complexity index is 1270. The van der Waals surface area contributed by atoms with Crippen molar-refractivity contribution in [3.63, 3.8) is 0 Å². The summed E-state index contributed by atoms with van der Waals surface area (Å²) >= 11 is 1.25. The molecular formula is C24H30FN7O2S. The van der Waals surface area contributed by atoms with E-state index in [9.17, 15) is 4.79 Å². The molecule has 9 nitrogen and oxygen atoms in total. The Hall–Kier alpha value is -2.89. The highest BCUT2D eigenvalue weighted by Gasteiger charge is 2.34. The van der Waals surface area contributed by atoms with Crippen LogP contribution in [0.25, 0.3) is 10.2 Å². The van der Waals surface area contributed by atoms with E-state index in [1.165, 1.54) is 17.4 Å². The first-order valence-electron chi connectivity index (χ1n) is 11.8. The number of pyridine rings is 1. The van der Waals surface area contributed by atoms with E-state index in [-0.39, 0.29) is 23.8 Å². The lowest BCUT2D eigenvalue weighted by Crippen LogP contribution is -2.39. The lowest BCUT2D eigenvalue weighted by molar-refractivity contribution is 0.0938. The first kappa shape index (κ1) is 23.8. The number of aromatic nitrogens is 3. The van der Waals surface area contributed by atoms with Crippen molar-refractivity contribution in [3.8, 4) is 0 Å². The molecule has 4 heterocycles. The Balaban J connectivity index is 1.30. The van der Waals surface area contributed by atoms with Crippen LogP contribution in [0.2, 0.25) is 0 Å². The molecule has 3 unspecified atom stereocenters. The molecule has 186 valence electrons. The number of likely N-dealkylation sites (N-methyl/N-ethyl adjacent to an activating group) is 1. The van der Waals surface area contributed by atoms with E-state index in [2.05, 4.69) is 25.5 Å². The molecule has 0 spiro atoms. The van der Waals surface area contributed by atoms with Gasteiger partial charge in [-0.2, -0.15) is 0 Å². The number of anilines is 2. The van der Waals surface area contributed by atoms with Crippen molar-refractivity contribution in [2.45, 2.75) is 38.3 Å². The summed E-state index contributed by atoms with van der Waals surface area (Å²) in [5.41, 5.74) is 7.94. The lowest BCUT2D eigenvalue weighted by Gasteiger charge is -2.27. The number of thiophene rings is 1. The summed E-state index contributed by atoms with van der Waals surface area (Å²) < 4.78 is 20.6. The van der Waals surface area contributed by atoms with E-state index in [0.717, 1.165) is 18.8 Å². The number of aryl methyl sites for hydroxylation is 2. The topological polar surface area (TPSA) is 118 Å². The predicted molar refractivity (Wildman–Crippen MR) is 134 cm³/mol. The summed E-state index contributed by atoms with van der Waals surface area (Å²) in [5.74, 6) is 1.08. The van der Waals surface area contributed by atoms with Crippen molar-refractivity contribution >= 4 is 39.0 Å². The number of carbonyl (C=O) groups is 1. The van der Waals surface area contributed by atoms with Crippen LogP contribution in [0.4, 0.5) is 15.9 Å². The highest BCUT2D eigenvalue weighted by atomic mass is 32.1. The number of hydrogen-bond acceptors (Lipinski definition) is 9. The molecule has 0 aromatic carbocycles. The number of nitrogen functional groups attached to an aromatic ring is 1. The summed E-state index contributed by atoms with van der Waals surface area (Å²) in [7, 11) is 3.64. The van der Waals surface area contributed by atoms with Gasteiger partial charge in [-0.05, 0) is 33.2 Å². The van der Waals surface area contributed by atoms with Crippen LogP contribution < -0.4 is 21.3 Å². The second-order valence-electron chi connectivity index (χ2n) is 9.30. The number of fused-ring (bicyclic) bond motifs is 2. The molecule has 35 heavy (non-hydrogen) atoms. The molecule has 2 aliphatic rings. The van der Waals surface area contributed by atoms with Gasteiger partial charge in [-0.25, -0.2) is 19.3 Å². The normalized spacial score (nSPS) is 21.9. The van der Waals surface area contributed by atoms with Gasteiger partial charge in [0.2, 0.25) is 0 Å². The maximum absolute atomic E-state index is 15.2. The van der Waals surface area contributed by atoms with Crippen LogP contribution in [0.3, 0.4) is 0 Å². The minimum absolute atomic E-state index is 0.193. The molecule has 0 bridgehead atoms. The molecule has 3 aromatic rings. The Morgan fingerprint density at radius 3 is 2.97 bits per heavy atom. The summed E-state index contributed by atoms with van der Waals surface area (Å²) in [6.45, 7) is 3.97. The van der Waals surface area contributed by atoms with Gasteiger partial charge in [0.25, 0.3) is 5.91 Å². The molecule has 0 radical (unpaired) electrons. The van der Waals surface area contributed by atoms with E-state index in [4.69, 9.17) is 15.5 Å². The summed E-state index contributed by atoms with van der Waals surface area (Å²) in [4.78, 5) is 29.6. The first-order valence-corrected chi connectivity index (χ1v) is 12.6. The number of ether oxygens (including phenoxy) is 1. The van der Waals surface area contributed by atoms with Gasteiger partial charge in [-0.3, -0.25) is 4.79 Å². The highest BCUT2D eigenvalue weighted by Crippen LogP contribution is 2.33. The fourth-order valence-electron chi connectivity index (χ4n) is 5.12. The molecule has 1 saturated heterocycles. The molecule has 3 aromatic heterocycles. The molecule has 1 fully saturated rings. The largest absolute Gasteiger partial charge is 0.397 e. The molecule has 1 amide bonds. The Morgan fingerprint density at radius 2 is 2.20 bits per heavy atom. The third-order valence-electron chi connectivity index (χ3n) is 6.99. The van der Waals surface area contributed by atoms with Gasteiger partial charge < -0.3 is 26.0 Å². The number of halogens is 1. The monoisotopic (exact) mass is 499 g/mol. The third kappa shape index (κ3) is 4.55. The van der Waals surface area contributed by atoms with Crippen LogP contribution in [-0.2, 0) is 17.6 Å². The van der Waals surface area contributed by atoms with Gasteiger partial charge >= 0.3 is 0 Å². The fourth-order valence-corrected chi connectivity index (χ4v) is 6.13. The van der Waals surface area contributed by atoms with Crippen LogP contribution in [0.5, 0.6) is 0 Å². The van der Waals surface area contributed by atoms with Crippen LogP contribution in [0.15, 0.2) is 12.3 Å². The smallest absolute Gasteiger partial charge is 0.263 e. The summed E-state index contributed by atoms with van der Waals surface area (Å²) in [6.07, 6.45) is 3.33. The van der Waals surface area contributed by atoms with Gasteiger partial charge in [-0.15, -0.1) is 11.3 Å². The predicted octanol–water partition coefficient (Wildman–Crippen LogP) is 2.07. The van der Waals surface area contributed by atoms with E-state index in [0.29, 0.717) is 69.8 Å². The van der Waals surface area contributed by atoms with Crippen LogP contribution in [0.1, 0.15) is 33.2 Å². The van der Waals surface area contributed by atoms with Crippen molar-refractivity contribution in [2.24, 2.45) is 5.92 Å². The van der Waals surface area contributed by atoms with E-state index in [1.54, 1.807) is 20.2 Å². The zero-order chi connectivity index (χ0) is 24.7. The SMILES string of the molecule is CNC1CN(c2cc(F)c3c(n2)CCC(NC(=O)c2sc4nc(C)ncc4c2N)C3)CC1COC. The number of nitrogens with zero attached hydrogens (tertiary/aromatic N) is 4. The second-order valence-corrected chi connectivity index (χ2v) is 10.3. The van der Waals surface area contributed by atoms with E-state index < -0.39 is 0 Å². The van der Waals surface area contributed by atoms with Gasteiger partial charge in [0.15, 0.2) is 0 Å². The van der Waals surface area contributed by atoms with E-state index >= 15 is 4.39 Å². The van der Waals surface area contributed by atoms with Crippen molar-refractivity contribution in [1.82, 2.24) is 25.6 Å². The molecular weight excluding hydrogens is 469 g/mol. The Morgan fingerprint density at radius 1 is 1.37 bits per heavy atom. The van der Waals surface area contributed by atoms with Crippen molar-refractivity contribution in [1.29, 1.82) is 0 Å². The molecule has 3 atom stereocenters. The number of hydrogen-bond donors (Lipinski definition) is 3. The third-order valence-corrected chi connectivity index (χ3v) is 8.10. The van der Waals surface area contributed by atoms with Crippen LogP contribution >= 0.6 is 11.3 Å². The summed E-state index contributed by atoms with van der Waals surface area (Å²) in [5, 5.41) is 7.05. The van der Waals surface area contributed by atoms with E-state index in [1.807, 2.05) is 7.05 Å². The van der Waals surface area contributed by atoms with Crippen LogP contribution in [-0.4, -0.2) is 66.8 Å². The average Bonchev–Trinajstić information content (AvgIpc) is 3.40. The Kier molecular flexibility index (Phi) is 6.56. The summed E-state index contributed by atoms with van der Waals surface area (Å²) in [6, 6.07) is 1.60. The maximum Gasteiger partial charge on any atom is 0.263 e. The van der Waals surface area contributed by atoms with Crippen LogP contribution in [0, 0.1) is 18.7 Å². The van der Waals surface area contributed by atoms with Gasteiger partial charge in [0.05, 0.1) is 17.7 Å². The fraction of sp³-hybridized carbons (Fsp3) is 0.500. The Labute approximate surface area is 207 Å². The highest BCUT2D eigenvalue weighted by molar-refractivity contribution is 7.21. The zero-order valence-electron chi connectivity index (χ0n) is 20.1. The number of amides is 1. The number of methoxy groups -OCH3 is 1. The maximum atomic E-state index is 15.2. The molecule has 0 saturated carbocycles. The van der Waals surface area contributed by atoms with Gasteiger partial charge in [-0.1, -0.05) is 0 Å². The number of carbonyl (C=O) groups excluding carboxylic acids is 1. The lowest BCUT2D eigenvalue weighted by atomic mass is 9.91. The standard InChI is InChI=1S/C24H30FN7O2S/c1-12-28-8-16-21(26)22(35-24(16)29-12)23(33)30-14-4-5-18-15(6-14)17(25)7-20(31-18)32-9-13(11-34-3)19(10-32)27-2/h7-8,13-14,19,27H,4-6,9-11,26H2,1-3H3,(H,30,33). The van der Waals surface area contributed by atoms with Crippen molar-refractivity contribution in [2.75, 3.05) is 44.5 Å². The second kappa shape index (κ2) is 9.63. The first-order chi connectivity index (χ1) is 16.9. The number of nitrogens with two attached hydrogens (primary N) is 1. The minimum atomic E-state index is -0.271. The quantitative estimate of drug-likeness (QED) is 0.472. The molecule has 5 rings (SSSR count). The zero-order valence-corrected chi connectivity index (χ0v) is 20.9. The average molecular weight is 500 g/mol. The number of rotatable bonds is 6. The van der Waals surface area contributed by atoms with Crippen molar-refractivity contribution < 1.29 is 13.9 Å². The van der Waals surface area contributed by atoms with Gasteiger partial charge in [0.1, 0.15) is 27.2 Å². The van der Waals surface area contributed by atoms with Gasteiger partial charge in [0, 0.05) is 61.7 Å².